The van der Waals surface area contributed by atoms with Crippen LogP contribution >= 0.6 is 0 Å². The molecule has 1 unspecified atom stereocenters. The zero-order chi connectivity index (χ0) is 16.5. The van der Waals surface area contributed by atoms with Gasteiger partial charge in [-0.2, -0.15) is 0 Å². The van der Waals surface area contributed by atoms with Crippen molar-refractivity contribution in [1.29, 1.82) is 0 Å². The lowest BCUT2D eigenvalue weighted by Gasteiger charge is -2.17. The molecule has 1 atom stereocenters. The maximum atomic E-state index is 12.0. The number of anilines is 1. The summed E-state index contributed by atoms with van der Waals surface area (Å²) in [6.45, 7) is 0.631. The molecule has 1 N–H and O–H groups in total. The van der Waals surface area contributed by atoms with Crippen molar-refractivity contribution in [2.24, 2.45) is 5.92 Å². The number of aliphatic hydroxyl groups is 1. The van der Waals surface area contributed by atoms with E-state index in [1.165, 1.54) is 0 Å². The highest BCUT2D eigenvalue weighted by molar-refractivity contribution is 5.96. The van der Waals surface area contributed by atoms with E-state index >= 15 is 0 Å². The van der Waals surface area contributed by atoms with Crippen molar-refractivity contribution in [2.75, 3.05) is 18.1 Å². The zero-order valence-electron chi connectivity index (χ0n) is 13.1. The average molecular weight is 319 g/mol. The fourth-order valence-electron chi connectivity index (χ4n) is 3.10. The number of aromatic nitrogens is 2. The van der Waals surface area contributed by atoms with E-state index in [-0.39, 0.29) is 18.4 Å². The highest BCUT2D eigenvalue weighted by Gasteiger charge is 2.29. The fourth-order valence-corrected chi connectivity index (χ4v) is 3.10. The molecule has 0 saturated carbocycles. The molecule has 1 fully saturated rings. The second-order valence-electron chi connectivity index (χ2n) is 6.07. The van der Waals surface area contributed by atoms with Crippen LogP contribution in [0.4, 0.5) is 5.69 Å². The van der Waals surface area contributed by atoms with E-state index in [1.54, 1.807) is 11.1 Å². The topological polar surface area (TPSA) is 66.3 Å². The number of hydrogen-bond acceptors (Lipinski definition) is 4. The van der Waals surface area contributed by atoms with Gasteiger partial charge in [0.1, 0.15) is 0 Å². The van der Waals surface area contributed by atoms with Gasteiger partial charge in [0, 0.05) is 49.1 Å². The molecule has 0 radical (unpaired) electrons. The molecule has 5 nitrogen and oxygen atoms in total. The van der Waals surface area contributed by atoms with Crippen molar-refractivity contribution in [3.8, 4) is 11.1 Å². The van der Waals surface area contributed by atoms with Crippen LogP contribution in [0.3, 0.4) is 0 Å². The fraction of sp³-hybridized carbons (Fsp3) is 0.211. The Labute approximate surface area is 139 Å². The van der Waals surface area contributed by atoms with E-state index in [2.05, 4.69) is 9.97 Å². The molecule has 4 rings (SSSR count). The van der Waals surface area contributed by atoms with Crippen LogP contribution in [0, 0.1) is 5.92 Å². The number of rotatable bonds is 3. The standard InChI is InChI=1S/C19H17N3O2/c23-12-13-8-19(24)22(11-13)16-5-3-14(4-6-16)15-9-18-17(21-10-15)2-1-7-20-18/h1-7,9-10,13,23H,8,11-12H2. The lowest BCUT2D eigenvalue weighted by molar-refractivity contribution is -0.117. The first kappa shape index (κ1) is 14.8. The van der Waals surface area contributed by atoms with Crippen LogP contribution in [0.5, 0.6) is 0 Å². The van der Waals surface area contributed by atoms with E-state index in [9.17, 15) is 9.90 Å². The summed E-state index contributed by atoms with van der Waals surface area (Å²) in [5.41, 5.74) is 4.62. The van der Waals surface area contributed by atoms with Gasteiger partial charge >= 0.3 is 0 Å². The van der Waals surface area contributed by atoms with E-state index in [0.29, 0.717) is 13.0 Å². The summed E-state index contributed by atoms with van der Waals surface area (Å²) >= 11 is 0. The highest BCUT2D eigenvalue weighted by Crippen LogP contribution is 2.28. The third kappa shape index (κ3) is 2.63. The number of amides is 1. The monoisotopic (exact) mass is 319 g/mol. The lowest BCUT2D eigenvalue weighted by atomic mass is 10.1. The van der Waals surface area contributed by atoms with Gasteiger partial charge in [-0.3, -0.25) is 14.8 Å². The van der Waals surface area contributed by atoms with Crippen LogP contribution in [-0.4, -0.2) is 34.1 Å². The van der Waals surface area contributed by atoms with Gasteiger partial charge in [0.2, 0.25) is 5.91 Å². The first-order valence-corrected chi connectivity index (χ1v) is 7.97. The predicted molar refractivity (Wildman–Crippen MR) is 92.5 cm³/mol. The first-order valence-electron chi connectivity index (χ1n) is 7.97. The molecule has 120 valence electrons. The predicted octanol–water partition coefficient (Wildman–Crippen LogP) is 2.64. The van der Waals surface area contributed by atoms with Gasteiger partial charge in [0.25, 0.3) is 0 Å². The Morgan fingerprint density at radius 3 is 2.67 bits per heavy atom. The lowest BCUT2D eigenvalue weighted by Crippen LogP contribution is -2.24. The van der Waals surface area contributed by atoms with Crippen molar-refractivity contribution >= 4 is 22.6 Å². The Morgan fingerprint density at radius 1 is 1.08 bits per heavy atom. The van der Waals surface area contributed by atoms with E-state index in [4.69, 9.17) is 0 Å². The summed E-state index contributed by atoms with van der Waals surface area (Å²) in [7, 11) is 0. The minimum Gasteiger partial charge on any atom is -0.396 e. The van der Waals surface area contributed by atoms with Crippen LogP contribution < -0.4 is 4.90 Å². The van der Waals surface area contributed by atoms with Crippen LogP contribution in [-0.2, 0) is 4.79 Å². The zero-order valence-corrected chi connectivity index (χ0v) is 13.1. The van der Waals surface area contributed by atoms with Gasteiger partial charge in [0.15, 0.2) is 0 Å². The van der Waals surface area contributed by atoms with Crippen LogP contribution in [0.25, 0.3) is 22.2 Å². The molecule has 0 bridgehead atoms. The minimum atomic E-state index is 0.0351. The molecule has 1 aromatic carbocycles. The Kier molecular flexibility index (Phi) is 3.70. The number of benzene rings is 1. The van der Waals surface area contributed by atoms with Crippen molar-refractivity contribution in [2.45, 2.75) is 6.42 Å². The van der Waals surface area contributed by atoms with Gasteiger partial charge in [-0.1, -0.05) is 12.1 Å². The van der Waals surface area contributed by atoms with E-state index < -0.39 is 0 Å². The minimum absolute atomic E-state index is 0.0351. The molecule has 3 heterocycles. The average Bonchev–Trinajstić information content (AvgIpc) is 3.02. The summed E-state index contributed by atoms with van der Waals surface area (Å²) in [5, 5.41) is 9.24. The molecule has 0 spiro atoms. The number of pyridine rings is 2. The van der Waals surface area contributed by atoms with Gasteiger partial charge < -0.3 is 10.0 Å². The molecule has 1 amide bonds. The molecule has 1 saturated heterocycles. The van der Waals surface area contributed by atoms with Crippen molar-refractivity contribution in [1.82, 2.24) is 9.97 Å². The normalized spacial score (nSPS) is 17.6. The Morgan fingerprint density at radius 2 is 1.92 bits per heavy atom. The van der Waals surface area contributed by atoms with Gasteiger partial charge in [0.05, 0.1) is 11.0 Å². The Balaban J connectivity index is 1.62. The third-order valence-electron chi connectivity index (χ3n) is 4.43. The highest BCUT2D eigenvalue weighted by atomic mass is 16.3. The maximum Gasteiger partial charge on any atom is 0.227 e. The van der Waals surface area contributed by atoms with Gasteiger partial charge in [-0.15, -0.1) is 0 Å². The quantitative estimate of drug-likeness (QED) is 0.806. The molecular weight excluding hydrogens is 302 g/mol. The SMILES string of the molecule is O=C1CC(CO)CN1c1ccc(-c2cnc3cccnc3c2)cc1. The maximum absolute atomic E-state index is 12.0. The molecule has 3 aromatic rings. The molecule has 1 aliphatic rings. The number of hydrogen-bond donors (Lipinski definition) is 1. The Hall–Kier alpha value is -2.79. The number of carbonyl (C=O) groups excluding carboxylic acids is 1. The Bertz CT molecular complexity index is 893. The van der Waals surface area contributed by atoms with Crippen LogP contribution in [0.2, 0.25) is 0 Å². The largest absolute Gasteiger partial charge is 0.396 e. The third-order valence-corrected chi connectivity index (χ3v) is 4.43. The summed E-state index contributed by atoms with van der Waals surface area (Å²) in [4.78, 5) is 22.6. The van der Waals surface area contributed by atoms with E-state index in [1.807, 2.05) is 48.7 Å². The molecule has 5 heteroatoms. The van der Waals surface area contributed by atoms with Crippen molar-refractivity contribution < 1.29 is 9.90 Å². The molecular formula is C19H17N3O2. The molecule has 1 aliphatic heterocycles. The second-order valence-corrected chi connectivity index (χ2v) is 6.07. The number of aliphatic hydroxyl groups excluding tert-OH is 1. The summed E-state index contributed by atoms with van der Waals surface area (Å²) in [5.74, 6) is 0.103. The first-order chi connectivity index (χ1) is 11.7. The number of fused-ring (bicyclic) bond motifs is 1. The summed E-state index contributed by atoms with van der Waals surface area (Å²) < 4.78 is 0. The molecule has 24 heavy (non-hydrogen) atoms. The summed E-state index contributed by atoms with van der Waals surface area (Å²) in [6, 6.07) is 13.7. The smallest absolute Gasteiger partial charge is 0.227 e. The van der Waals surface area contributed by atoms with Crippen LogP contribution in [0.1, 0.15) is 6.42 Å². The van der Waals surface area contributed by atoms with Crippen molar-refractivity contribution in [3.63, 3.8) is 0 Å². The van der Waals surface area contributed by atoms with Crippen LogP contribution in [0.15, 0.2) is 54.9 Å². The van der Waals surface area contributed by atoms with Crippen molar-refractivity contribution in [3.05, 3.63) is 54.9 Å². The van der Waals surface area contributed by atoms with Gasteiger partial charge in [-0.25, -0.2) is 0 Å². The van der Waals surface area contributed by atoms with E-state index in [0.717, 1.165) is 27.8 Å². The van der Waals surface area contributed by atoms with Gasteiger partial charge in [-0.05, 0) is 35.9 Å². The number of carbonyl (C=O) groups is 1. The summed E-state index contributed by atoms with van der Waals surface area (Å²) in [6.07, 6.45) is 4.01. The molecule has 0 aliphatic carbocycles. The second kappa shape index (κ2) is 6.02. The molecule has 2 aromatic heterocycles. The number of nitrogens with zero attached hydrogens (tertiary/aromatic N) is 3.